The summed E-state index contributed by atoms with van der Waals surface area (Å²) in [6.07, 6.45) is -0.237. The molecule has 0 saturated carbocycles. The molecule has 0 aliphatic carbocycles. The molecule has 8 heteroatoms. The zero-order chi connectivity index (χ0) is 23.1. The van der Waals surface area contributed by atoms with Crippen molar-refractivity contribution in [3.05, 3.63) is 78.4 Å². The Hall–Kier alpha value is -3.52. The van der Waals surface area contributed by atoms with Gasteiger partial charge in [-0.25, -0.2) is 8.42 Å². The highest BCUT2D eigenvalue weighted by atomic mass is 32.2. The number of carbonyl (C=O) groups is 1. The lowest BCUT2D eigenvalue weighted by molar-refractivity contribution is -0.122. The first-order chi connectivity index (χ1) is 15.3. The quantitative estimate of drug-likeness (QED) is 0.493. The van der Waals surface area contributed by atoms with Gasteiger partial charge in [-0.15, -0.1) is 0 Å². The van der Waals surface area contributed by atoms with Crippen LogP contribution in [0.2, 0.25) is 0 Å². The fourth-order valence-electron chi connectivity index (χ4n) is 2.97. The van der Waals surface area contributed by atoms with Crippen LogP contribution in [-0.2, 0) is 14.8 Å². The molecule has 0 aliphatic heterocycles. The van der Waals surface area contributed by atoms with Gasteiger partial charge in [0.2, 0.25) is 0 Å². The second kappa shape index (κ2) is 10.2. The van der Waals surface area contributed by atoms with Crippen molar-refractivity contribution in [3.63, 3.8) is 0 Å². The first-order valence-electron chi connectivity index (χ1n) is 10.1. The van der Waals surface area contributed by atoms with E-state index in [1.54, 1.807) is 55.6 Å². The molecule has 32 heavy (non-hydrogen) atoms. The zero-order valence-corrected chi connectivity index (χ0v) is 19.0. The predicted molar refractivity (Wildman–Crippen MR) is 125 cm³/mol. The summed E-state index contributed by atoms with van der Waals surface area (Å²) in [6, 6.07) is 20.1. The third kappa shape index (κ3) is 5.79. The van der Waals surface area contributed by atoms with Gasteiger partial charge < -0.3 is 14.8 Å². The highest BCUT2D eigenvalue weighted by Gasteiger charge is 2.20. The van der Waals surface area contributed by atoms with E-state index in [4.69, 9.17) is 9.47 Å². The Balaban J connectivity index is 1.65. The second-order valence-electron chi connectivity index (χ2n) is 7.12. The summed E-state index contributed by atoms with van der Waals surface area (Å²) < 4.78 is 38.8. The van der Waals surface area contributed by atoms with Crippen molar-refractivity contribution < 1.29 is 22.7 Å². The van der Waals surface area contributed by atoms with Gasteiger partial charge in [-0.2, -0.15) is 0 Å². The van der Waals surface area contributed by atoms with Gasteiger partial charge in [0, 0.05) is 5.69 Å². The molecule has 3 aromatic carbocycles. The van der Waals surface area contributed by atoms with Crippen molar-refractivity contribution >= 4 is 27.3 Å². The van der Waals surface area contributed by atoms with Crippen LogP contribution >= 0.6 is 0 Å². The second-order valence-corrected chi connectivity index (χ2v) is 8.81. The van der Waals surface area contributed by atoms with Crippen molar-refractivity contribution in [2.24, 2.45) is 0 Å². The number of hydrogen-bond donors (Lipinski definition) is 2. The lowest BCUT2D eigenvalue weighted by atomic mass is 10.2. The van der Waals surface area contributed by atoms with Crippen molar-refractivity contribution in [1.29, 1.82) is 0 Å². The van der Waals surface area contributed by atoms with E-state index in [2.05, 4.69) is 10.0 Å². The highest BCUT2D eigenvalue weighted by Crippen LogP contribution is 2.22. The summed E-state index contributed by atoms with van der Waals surface area (Å²) in [7, 11) is -2.17. The van der Waals surface area contributed by atoms with Gasteiger partial charge in [0.25, 0.3) is 15.9 Å². The fraction of sp³-hybridized carbons (Fsp3) is 0.208. The summed E-state index contributed by atoms with van der Waals surface area (Å²) in [6.45, 7) is 3.68. The maximum Gasteiger partial charge on any atom is 0.265 e. The molecule has 0 aliphatic rings. The third-order valence-corrected chi connectivity index (χ3v) is 6.20. The van der Waals surface area contributed by atoms with Crippen LogP contribution in [0, 0.1) is 6.92 Å². The Morgan fingerprint density at radius 2 is 1.56 bits per heavy atom. The molecule has 0 bridgehead atoms. The van der Waals surface area contributed by atoms with Crippen LogP contribution in [0.4, 0.5) is 11.4 Å². The van der Waals surface area contributed by atoms with Crippen LogP contribution in [0.25, 0.3) is 0 Å². The van der Waals surface area contributed by atoms with E-state index in [1.165, 1.54) is 12.1 Å². The topological polar surface area (TPSA) is 93.7 Å². The number of anilines is 2. The molecule has 0 spiro atoms. The minimum Gasteiger partial charge on any atom is -0.497 e. The SMILES string of the molecule is CC[C@H](Oc1ccc(OC)cc1)C(=O)Nc1ccc(S(=O)(=O)Nc2ccccc2C)cc1. The lowest BCUT2D eigenvalue weighted by Crippen LogP contribution is -2.32. The number of rotatable bonds is 9. The predicted octanol–water partition coefficient (Wildman–Crippen LogP) is 4.60. The Morgan fingerprint density at radius 1 is 0.938 bits per heavy atom. The van der Waals surface area contributed by atoms with Gasteiger partial charge in [-0.1, -0.05) is 25.1 Å². The van der Waals surface area contributed by atoms with E-state index < -0.39 is 16.1 Å². The summed E-state index contributed by atoms with van der Waals surface area (Å²) in [5.74, 6) is 0.926. The van der Waals surface area contributed by atoms with E-state index in [0.717, 1.165) is 5.56 Å². The molecule has 0 fully saturated rings. The molecule has 0 aromatic heterocycles. The van der Waals surface area contributed by atoms with Gasteiger partial charge in [0.15, 0.2) is 6.10 Å². The molecule has 1 atom stereocenters. The smallest absolute Gasteiger partial charge is 0.265 e. The molecule has 0 unspecified atom stereocenters. The number of methoxy groups -OCH3 is 1. The number of sulfonamides is 1. The third-order valence-electron chi connectivity index (χ3n) is 4.82. The minimum absolute atomic E-state index is 0.0975. The number of aryl methyl sites for hydroxylation is 1. The standard InChI is InChI=1S/C24H26N2O5S/c1-4-23(31-20-13-11-19(30-3)12-14-20)24(27)25-18-9-15-21(16-10-18)32(28,29)26-22-8-6-5-7-17(22)2/h5-16,23,26H,4H2,1-3H3,(H,25,27)/t23-/m0/s1. The maximum absolute atomic E-state index is 12.7. The Labute approximate surface area is 188 Å². The summed E-state index contributed by atoms with van der Waals surface area (Å²) >= 11 is 0. The number of nitrogens with one attached hydrogen (secondary N) is 2. The molecule has 7 nitrogen and oxygen atoms in total. The van der Waals surface area contributed by atoms with Crippen LogP contribution in [0.15, 0.2) is 77.7 Å². The van der Waals surface area contributed by atoms with Crippen molar-refractivity contribution in [3.8, 4) is 11.5 Å². The van der Waals surface area contributed by atoms with E-state index in [9.17, 15) is 13.2 Å². The van der Waals surface area contributed by atoms with Gasteiger partial charge in [-0.3, -0.25) is 9.52 Å². The van der Waals surface area contributed by atoms with Crippen molar-refractivity contribution in [2.45, 2.75) is 31.3 Å². The summed E-state index contributed by atoms with van der Waals surface area (Å²) in [4.78, 5) is 12.7. The molecule has 1 amide bonds. The van der Waals surface area contributed by atoms with Gasteiger partial charge in [-0.05, 0) is 73.5 Å². The molecule has 168 valence electrons. The zero-order valence-electron chi connectivity index (χ0n) is 18.2. The normalized spacial score (nSPS) is 12.0. The Kier molecular flexibility index (Phi) is 7.37. The molecule has 0 heterocycles. The van der Waals surface area contributed by atoms with Crippen LogP contribution < -0.4 is 19.5 Å². The van der Waals surface area contributed by atoms with E-state index in [-0.39, 0.29) is 10.8 Å². The fourth-order valence-corrected chi connectivity index (χ4v) is 4.10. The Morgan fingerprint density at radius 3 is 2.16 bits per heavy atom. The van der Waals surface area contributed by atoms with Crippen LogP contribution in [-0.4, -0.2) is 27.5 Å². The van der Waals surface area contributed by atoms with Crippen molar-refractivity contribution in [2.75, 3.05) is 17.1 Å². The van der Waals surface area contributed by atoms with Gasteiger partial charge in [0.1, 0.15) is 11.5 Å². The monoisotopic (exact) mass is 454 g/mol. The number of benzene rings is 3. The lowest BCUT2D eigenvalue weighted by Gasteiger charge is -2.17. The first kappa shape index (κ1) is 23.1. The number of amides is 1. The summed E-state index contributed by atoms with van der Waals surface area (Å²) in [5, 5.41) is 2.77. The maximum atomic E-state index is 12.7. The largest absolute Gasteiger partial charge is 0.497 e. The molecule has 0 radical (unpaired) electrons. The highest BCUT2D eigenvalue weighted by molar-refractivity contribution is 7.92. The van der Waals surface area contributed by atoms with Crippen LogP contribution in [0.1, 0.15) is 18.9 Å². The minimum atomic E-state index is -3.75. The molecule has 2 N–H and O–H groups in total. The average molecular weight is 455 g/mol. The van der Waals surface area contributed by atoms with Crippen LogP contribution in [0.5, 0.6) is 11.5 Å². The molecular weight excluding hydrogens is 428 g/mol. The summed E-state index contributed by atoms with van der Waals surface area (Å²) in [5.41, 5.74) is 1.82. The molecule has 0 saturated heterocycles. The molecular formula is C24H26N2O5S. The van der Waals surface area contributed by atoms with Gasteiger partial charge >= 0.3 is 0 Å². The Bertz CT molecular complexity index is 1160. The van der Waals surface area contributed by atoms with E-state index >= 15 is 0 Å². The first-order valence-corrected chi connectivity index (χ1v) is 11.6. The van der Waals surface area contributed by atoms with E-state index in [1.807, 2.05) is 26.0 Å². The number of carbonyl (C=O) groups excluding carboxylic acids is 1. The number of hydrogen-bond acceptors (Lipinski definition) is 5. The van der Waals surface area contributed by atoms with Gasteiger partial charge in [0.05, 0.1) is 17.7 Å². The van der Waals surface area contributed by atoms with Crippen molar-refractivity contribution in [1.82, 2.24) is 0 Å². The number of para-hydroxylation sites is 1. The molecule has 3 rings (SSSR count). The van der Waals surface area contributed by atoms with E-state index in [0.29, 0.717) is 29.3 Å². The number of ether oxygens (including phenoxy) is 2. The van der Waals surface area contributed by atoms with Crippen LogP contribution in [0.3, 0.4) is 0 Å². The molecule has 3 aromatic rings. The average Bonchev–Trinajstić information content (AvgIpc) is 2.79.